The third-order valence-electron chi connectivity index (χ3n) is 4.91. The molecule has 2 atom stereocenters. The summed E-state index contributed by atoms with van der Waals surface area (Å²) in [5, 5.41) is 3.40. The van der Waals surface area contributed by atoms with E-state index in [0.717, 1.165) is 19.5 Å². The molecular weight excluding hydrogens is 302 g/mol. The predicted octanol–water partition coefficient (Wildman–Crippen LogP) is 0.506. The van der Waals surface area contributed by atoms with E-state index >= 15 is 0 Å². The maximum Gasteiger partial charge on any atom is 0.222 e. The fourth-order valence-electron chi connectivity index (χ4n) is 3.41. The van der Waals surface area contributed by atoms with Crippen LogP contribution in [0.1, 0.15) is 32.6 Å². The van der Waals surface area contributed by atoms with Gasteiger partial charge in [-0.1, -0.05) is 6.92 Å². The van der Waals surface area contributed by atoms with Crippen LogP contribution in [-0.4, -0.2) is 69.1 Å². The minimum Gasteiger partial charge on any atom is -0.341 e. The lowest BCUT2D eigenvalue weighted by Gasteiger charge is -2.30. The summed E-state index contributed by atoms with van der Waals surface area (Å²) in [6.07, 6.45) is 4.92. The van der Waals surface area contributed by atoms with E-state index in [1.165, 1.54) is 23.4 Å². The Morgan fingerprint density at radius 2 is 2.00 bits per heavy atom. The summed E-state index contributed by atoms with van der Waals surface area (Å²) in [6.45, 7) is 6.38. The van der Waals surface area contributed by atoms with Crippen molar-refractivity contribution >= 4 is 15.9 Å². The first kappa shape index (κ1) is 17.7. The first-order chi connectivity index (χ1) is 10.4. The molecule has 0 bridgehead atoms. The molecule has 1 amide bonds. The van der Waals surface area contributed by atoms with Crippen LogP contribution in [0, 0.1) is 11.8 Å². The molecule has 1 N–H and O–H groups in total. The Morgan fingerprint density at radius 3 is 2.64 bits per heavy atom. The van der Waals surface area contributed by atoms with E-state index in [1.54, 1.807) is 0 Å². The van der Waals surface area contributed by atoms with Gasteiger partial charge in [-0.15, -0.1) is 0 Å². The highest BCUT2D eigenvalue weighted by Gasteiger charge is 2.27. The third-order valence-corrected chi connectivity index (χ3v) is 6.22. The minimum atomic E-state index is -3.15. The van der Waals surface area contributed by atoms with Gasteiger partial charge in [-0.2, -0.15) is 0 Å². The van der Waals surface area contributed by atoms with Crippen LogP contribution in [0.15, 0.2) is 0 Å². The molecule has 2 saturated heterocycles. The van der Waals surface area contributed by atoms with Crippen LogP contribution in [-0.2, 0) is 14.8 Å². The van der Waals surface area contributed by atoms with E-state index in [9.17, 15) is 13.2 Å². The summed E-state index contributed by atoms with van der Waals surface area (Å²) in [7, 11) is -3.15. The number of hydrogen-bond donors (Lipinski definition) is 1. The van der Waals surface area contributed by atoms with Crippen LogP contribution in [0.4, 0.5) is 0 Å². The van der Waals surface area contributed by atoms with Crippen molar-refractivity contribution in [3.8, 4) is 0 Å². The van der Waals surface area contributed by atoms with Crippen molar-refractivity contribution in [1.82, 2.24) is 14.5 Å². The van der Waals surface area contributed by atoms with Gasteiger partial charge in [0.15, 0.2) is 0 Å². The Hall–Kier alpha value is -0.660. The van der Waals surface area contributed by atoms with E-state index in [0.29, 0.717) is 44.4 Å². The summed E-state index contributed by atoms with van der Waals surface area (Å²) in [5.41, 5.74) is 0. The lowest BCUT2D eigenvalue weighted by molar-refractivity contribution is -0.132. The van der Waals surface area contributed by atoms with Crippen LogP contribution >= 0.6 is 0 Å². The monoisotopic (exact) mass is 331 g/mol. The van der Waals surface area contributed by atoms with E-state index in [2.05, 4.69) is 12.2 Å². The van der Waals surface area contributed by atoms with Gasteiger partial charge >= 0.3 is 0 Å². The fraction of sp³-hybridized carbons (Fsp3) is 0.933. The number of piperidine rings is 1. The number of hydrogen-bond acceptors (Lipinski definition) is 4. The van der Waals surface area contributed by atoms with Gasteiger partial charge in [-0.3, -0.25) is 4.79 Å². The van der Waals surface area contributed by atoms with Gasteiger partial charge in [0.1, 0.15) is 0 Å². The first-order valence-corrected chi connectivity index (χ1v) is 10.2. The molecule has 2 rings (SSSR count). The standard InChI is InChI=1S/C15H29N3O3S/c1-13(14-5-3-6-16-12-14)11-15(19)17-7-4-8-18(10-9-17)22(2,20)21/h13-14,16H,3-12H2,1-2H3. The maximum atomic E-state index is 12.5. The predicted molar refractivity (Wildman–Crippen MR) is 87.0 cm³/mol. The third kappa shape index (κ3) is 4.93. The zero-order chi connectivity index (χ0) is 16.2. The van der Waals surface area contributed by atoms with E-state index < -0.39 is 10.0 Å². The quantitative estimate of drug-likeness (QED) is 0.815. The summed E-state index contributed by atoms with van der Waals surface area (Å²) < 4.78 is 24.7. The number of nitrogens with one attached hydrogen (secondary N) is 1. The van der Waals surface area contributed by atoms with Gasteiger partial charge in [0, 0.05) is 32.6 Å². The lowest BCUT2D eigenvalue weighted by Crippen LogP contribution is -2.39. The van der Waals surface area contributed by atoms with Crippen molar-refractivity contribution in [1.29, 1.82) is 0 Å². The van der Waals surface area contributed by atoms with Crippen LogP contribution in [0.3, 0.4) is 0 Å². The number of amides is 1. The molecule has 0 aliphatic carbocycles. The molecule has 0 spiro atoms. The normalized spacial score (nSPS) is 26.5. The fourth-order valence-corrected chi connectivity index (χ4v) is 4.28. The minimum absolute atomic E-state index is 0.174. The number of sulfonamides is 1. The second-order valence-corrected chi connectivity index (χ2v) is 8.67. The molecule has 2 heterocycles. The molecular formula is C15H29N3O3S. The van der Waals surface area contributed by atoms with E-state index in [1.807, 2.05) is 4.90 Å². The average molecular weight is 331 g/mol. The molecule has 0 aromatic carbocycles. The molecule has 2 unspecified atom stereocenters. The van der Waals surface area contributed by atoms with Crippen molar-refractivity contribution in [3.63, 3.8) is 0 Å². The van der Waals surface area contributed by atoms with Crippen molar-refractivity contribution in [2.75, 3.05) is 45.5 Å². The van der Waals surface area contributed by atoms with Crippen LogP contribution in [0.5, 0.6) is 0 Å². The topological polar surface area (TPSA) is 69.7 Å². The molecule has 0 aromatic heterocycles. The molecule has 22 heavy (non-hydrogen) atoms. The Balaban J connectivity index is 1.84. The molecule has 7 heteroatoms. The lowest BCUT2D eigenvalue weighted by atomic mass is 9.85. The maximum absolute atomic E-state index is 12.5. The van der Waals surface area contributed by atoms with Gasteiger partial charge < -0.3 is 10.2 Å². The van der Waals surface area contributed by atoms with E-state index in [4.69, 9.17) is 0 Å². The Labute approximate surface area is 134 Å². The summed E-state index contributed by atoms with van der Waals surface area (Å²) >= 11 is 0. The summed E-state index contributed by atoms with van der Waals surface area (Å²) in [6, 6.07) is 0. The number of carbonyl (C=O) groups is 1. The molecule has 0 saturated carbocycles. The zero-order valence-electron chi connectivity index (χ0n) is 13.8. The Bertz CT molecular complexity index is 474. The summed E-state index contributed by atoms with van der Waals surface area (Å²) in [5.74, 6) is 1.14. The van der Waals surface area contributed by atoms with Crippen molar-refractivity contribution < 1.29 is 13.2 Å². The number of rotatable bonds is 4. The molecule has 2 fully saturated rings. The van der Waals surface area contributed by atoms with Gasteiger partial charge in [0.25, 0.3) is 0 Å². The second-order valence-electron chi connectivity index (χ2n) is 6.68. The van der Waals surface area contributed by atoms with Crippen LogP contribution < -0.4 is 5.32 Å². The Kier molecular flexibility index (Phi) is 6.23. The average Bonchev–Trinajstić information content (AvgIpc) is 2.73. The highest BCUT2D eigenvalue weighted by molar-refractivity contribution is 7.88. The smallest absolute Gasteiger partial charge is 0.222 e. The molecule has 2 aliphatic heterocycles. The van der Waals surface area contributed by atoms with Crippen molar-refractivity contribution in [2.45, 2.75) is 32.6 Å². The van der Waals surface area contributed by atoms with Crippen LogP contribution in [0.25, 0.3) is 0 Å². The molecule has 0 aromatic rings. The summed E-state index contributed by atoms with van der Waals surface area (Å²) in [4.78, 5) is 14.3. The molecule has 0 radical (unpaired) electrons. The highest BCUT2D eigenvalue weighted by atomic mass is 32.2. The SMILES string of the molecule is CC(CC(=O)N1CCCN(S(C)(=O)=O)CC1)C1CCCNC1. The largest absolute Gasteiger partial charge is 0.341 e. The second kappa shape index (κ2) is 7.75. The van der Waals surface area contributed by atoms with Crippen molar-refractivity contribution in [2.24, 2.45) is 11.8 Å². The highest BCUT2D eigenvalue weighted by Crippen LogP contribution is 2.23. The Morgan fingerprint density at radius 1 is 1.23 bits per heavy atom. The molecule has 6 nitrogen and oxygen atoms in total. The molecule has 2 aliphatic rings. The van der Waals surface area contributed by atoms with Gasteiger partial charge in [0.05, 0.1) is 6.26 Å². The van der Waals surface area contributed by atoms with Gasteiger partial charge in [0.2, 0.25) is 15.9 Å². The zero-order valence-corrected chi connectivity index (χ0v) is 14.6. The van der Waals surface area contributed by atoms with Crippen molar-refractivity contribution in [3.05, 3.63) is 0 Å². The molecule has 128 valence electrons. The first-order valence-electron chi connectivity index (χ1n) is 8.31. The van der Waals surface area contributed by atoms with Gasteiger partial charge in [-0.05, 0) is 44.2 Å². The van der Waals surface area contributed by atoms with Gasteiger partial charge in [-0.25, -0.2) is 12.7 Å². The van der Waals surface area contributed by atoms with Crippen LogP contribution in [0.2, 0.25) is 0 Å². The van der Waals surface area contributed by atoms with E-state index in [-0.39, 0.29) is 5.91 Å². The number of nitrogens with zero attached hydrogens (tertiary/aromatic N) is 2. The number of carbonyl (C=O) groups excluding carboxylic acids is 1.